The van der Waals surface area contributed by atoms with Gasteiger partial charge in [0.1, 0.15) is 0 Å². The molecule has 1 rings (SSSR count). The molecule has 0 aliphatic rings. The average molecular weight is 304 g/mol. The zero-order valence-electron chi connectivity index (χ0n) is 11.5. The molecule has 0 fully saturated rings. The van der Waals surface area contributed by atoms with Gasteiger partial charge in [-0.3, -0.25) is 0 Å². The highest BCUT2D eigenvalue weighted by atomic mass is 16.4. The van der Waals surface area contributed by atoms with E-state index >= 15 is 0 Å². The zero-order valence-corrected chi connectivity index (χ0v) is 11.5. The fraction of sp³-hybridized carbons (Fsp3) is 0.385. The van der Waals surface area contributed by atoms with Crippen LogP contribution in [-0.4, -0.2) is 68.5 Å². The molecule has 1 aromatic carbocycles. The van der Waals surface area contributed by atoms with Crippen molar-refractivity contribution in [1.82, 2.24) is 0 Å². The topological polar surface area (TPSA) is 156 Å². The maximum atomic E-state index is 10.4. The van der Waals surface area contributed by atoms with Gasteiger partial charge in [-0.15, -0.1) is 0 Å². The molecule has 0 aliphatic carbocycles. The monoisotopic (exact) mass is 304 g/mol. The molecule has 0 radical (unpaired) electrons. The second kappa shape index (κ2) is 13.0. The van der Waals surface area contributed by atoms with E-state index in [9.17, 15) is 9.59 Å². The molecular weight excluding hydrogens is 284 g/mol. The molecule has 0 spiro atoms. The van der Waals surface area contributed by atoms with Crippen molar-refractivity contribution in [1.29, 1.82) is 0 Å². The Labute approximate surface area is 121 Å². The van der Waals surface area contributed by atoms with E-state index in [-0.39, 0.29) is 30.9 Å². The second-order valence-corrected chi connectivity index (χ2v) is 3.67. The Morgan fingerprint density at radius 3 is 1.52 bits per heavy atom. The van der Waals surface area contributed by atoms with E-state index in [4.69, 9.17) is 30.6 Å². The molecule has 0 saturated carbocycles. The highest BCUT2D eigenvalue weighted by molar-refractivity contribution is 5.93. The van der Waals surface area contributed by atoms with Gasteiger partial charge in [-0.1, -0.05) is 6.07 Å². The van der Waals surface area contributed by atoms with Crippen LogP contribution in [0.1, 0.15) is 27.6 Å². The minimum absolute atomic E-state index is 0.0186. The van der Waals surface area contributed by atoms with Gasteiger partial charge in [-0.05, 0) is 25.1 Å². The van der Waals surface area contributed by atoms with Crippen molar-refractivity contribution < 1.29 is 40.2 Å². The molecule has 0 aromatic heterocycles. The van der Waals surface area contributed by atoms with Crippen LogP contribution in [0.5, 0.6) is 0 Å². The van der Waals surface area contributed by atoms with Crippen LogP contribution in [0.4, 0.5) is 0 Å². The molecule has 0 heterocycles. The maximum absolute atomic E-state index is 10.4. The first-order valence-corrected chi connectivity index (χ1v) is 5.87. The van der Waals surface area contributed by atoms with Crippen LogP contribution in [0.3, 0.4) is 0 Å². The molecule has 0 aliphatic heterocycles. The lowest BCUT2D eigenvalue weighted by atomic mass is 10.1. The van der Waals surface area contributed by atoms with Gasteiger partial charge >= 0.3 is 11.9 Å². The first-order valence-electron chi connectivity index (χ1n) is 5.87. The molecule has 120 valence electrons. The summed E-state index contributed by atoms with van der Waals surface area (Å²) in [5.74, 6) is -2.25. The van der Waals surface area contributed by atoms with Crippen LogP contribution >= 0.6 is 0 Å². The number of hydrogen-bond donors (Lipinski definition) is 6. The standard InChI is InChI=1S/C8H6O4.C3H8O2.C2H6O2/c9-7(10)5-2-1-3-6(4-5)8(11)12;1-3(5)2-4;3-1-2-4/h1-4H,(H,9,10)(H,11,12);3-5H,2H2,1H3;3-4H,1-2H2. The molecule has 1 unspecified atom stereocenters. The number of hydrogen-bond acceptors (Lipinski definition) is 6. The van der Waals surface area contributed by atoms with Crippen LogP contribution in [0.15, 0.2) is 24.3 Å². The molecule has 1 atom stereocenters. The third kappa shape index (κ3) is 12.8. The summed E-state index contributed by atoms with van der Waals surface area (Å²) in [7, 11) is 0. The zero-order chi connectivity index (χ0) is 16.8. The fourth-order valence-electron chi connectivity index (χ4n) is 0.785. The van der Waals surface area contributed by atoms with E-state index in [2.05, 4.69) is 0 Å². The molecule has 21 heavy (non-hydrogen) atoms. The van der Waals surface area contributed by atoms with Gasteiger partial charge in [0.05, 0.1) is 37.1 Å². The van der Waals surface area contributed by atoms with Crippen molar-refractivity contribution in [2.75, 3.05) is 19.8 Å². The van der Waals surface area contributed by atoms with Crippen LogP contribution in [0.2, 0.25) is 0 Å². The SMILES string of the molecule is CC(O)CO.O=C(O)c1cccc(C(=O)O)c1.OCCO. The number of aromatic carboxylic acids is 2. The quantitative estimate of drug-likeness (QED) is 0.431. The van der Waals surface area contributed by atoms with Crippen LogP contribution in [0, 0.1) is 0 Å². The summed E-state index contributed by atoms with van der Waals surface area (Å²) in [4.78, 5) is 20.8. The van der Waals surface area contributed by atoms with Gasteiger partial charge < -0.3 is 30.6 Å². The average Bonchev–Trinajstić information content (AvgIpc) is 2.48. The van der Waals surface area contributed by atoms with Crippen molar-refractivity contribution in [2.45, 2.75) is 13.0 Å². The van der Waals surface area contributed by atoms with E-state index in [0.29, 0.717) is 0 Å². The number of carbonyl (C=O) groups is 2. The summed E-state index contributed by atoms with van der Waals surface area (Å²) >= 11 is 0. The summed E-state index contributed by atoms with van der Waals surface area (Å²) in [5, 5.41) is 48.3. The fourth-order valence-corrected chi connectivity index (χ4v) is 0.785. The Bertz CT molecular complexity index is 385. The van der Waals surface area contributed by atoms with Gasteiger partial charge in [0.15, 0.2) is 0 Å². The molecule has 0 saturated heterocycles. The minimum atomic E-state index is -1.13. The highest BCUT2D eigenvalue weighted by Gasteiger charge is 2.06. The summed E-state index contributed by atoms with van der Waals surface area (Å²) in [6, 6.07) is 5.20. The Balaban J connectivity index is 0. The van der Waals surface area contributed by atoms with Crippen molar-refractivity contribution in [3.63, 3.8) is 0 Å². The van der Waals surface area contributed by atoms with Gasteiger partial charge in [-0.25, -0.2) is 9.59 Å². The Kier molecular flexibility index (Phi) is 13.2. The largest absolute Gasteiger partial charge is 0.478 e. The number of benzene rings is 1. The molecule has 0 amide bonds. The lowest BCUT2D eigenvalue weighted by Crippen LogP contribution is -2.03. The Morgan fingerprint density at radius 1 is 1.00 bits per heavy atom. The molecule has 1 aromatic rings. The molecule has 0 bridgehead atoms. The summed E-state index contributed by atoms with van der Waals surface area (Å²) in [6.07, 6.45) is -0.560. The normalized spacial score (nSPS) is 10.3. The van der Waals surface area contributed by atoms with E-state index in [1.54, 1.807) is 0 Å². The van der Waals surface area contributed by atoms with E-state index in [1.165, 1.54) is 25.1 Å². The van der Waals surface area contributed by atoms with E-state index in [0.717, 1.165) is 6.07 Å². The van der Waals surface area contributed by atoms with Crippen LogP contribution in [-0.2, 0) is 0 Å². The third-order valence-electron chi connectivity index (χ3n) is 1.72. The Hall–Kier alpha value is -2.00. The van der Waals surface area contributed by atoms with E-state index in [1.807, 2.05) is 0 Å². The number of rotatable bonds is 4. The predicted molar refractivity (Wildman–Crippen MR) is 73.3 cm³/mol. The number of aliphatic hydroxyl groups is 4. The van der Waals surface area contributed by atoms with Gasteiger partial charge in [0.25, 0.3) is 0 Å². The summed E-state index contributed by atoms with van der Waals surface area (Å²) in [6.45, 7) is 1.14. The number of carboxylic acids is 2. The summed E-state index contributed by atoms with van der Waals surface area (Å²) in [5.41, 5.74) is -0.0372. The van der Waals surface area contributed by atoms with Crippen molar-refractivity contribution in [3.8, 4) is 0 Å². The lowest BCUT2D eigenvalue weighted by molar-refractivity contribution is 0.0696. The minimum Gasteiger partial charge on any atom is -0.478 e. The molecular formula is C13H20O8. The lowest BCUT2D eigenvalue weighted by Gasteiger charge is -1.95. The van der Waals surface area contributed by atoms with Gasteiger partial charge in [-0.2, -0.15) is 0 Å². The predicted octanol–water partition coefficient (Wildman–Crippen LogP) is -0.587. The third-order valence-corrected chi connectivity index (χ3v) is 1.72. The molecule has 6 N–H and O–H groups in total. The molecule has 8 heteroatoms. The number of carboxylic acid groups (broad SMARTS) is 2. The summed E-state index contributed by atoms with van der Waals surface area (Å²) < 4.78 is 0. The molecule has 8 nitrogen and oxygen atoms in total. The number of aliphatic hydroxyl groups excluding tert-OH is 4. The Morgan fingerprint density at radius 2 is 1.33 bits per heavy atom. The first kappa shape index (κ1) is 21.3. The highest BCUT2D eigenvalue weighted by Crippen LogP contribution is 2.04. The van der Waals surface area contributed by atoms with E-state index < -0.39 is 18.0 Å². The maximum Gasteiger partial charge on any atom is 0.335 e. The van der Waals surface area contributed by atoms with Crippen LogP contribution in [0.25, 0.3) is 0 Å². The van der Waals surface area contributed by atoms with Crippen LogP contribution < -0.4 is 0 Å². The van der Waals surface area contributed by atoms with Crippen molar-refractivity contribution in [3.05, 3.63) is 35.4 Å². The van der Waals surface area contributed by atoms with Crippen molar-refractivity contribution in [2.24, 2.45) is 0 Å². The van der Waals surface area contributed by atoms with Gasteiger partial charge in [0.2, 0.25) is 0 Å². The van der Waals surface area contributed by atoms with Crippen molar-refractivity contribution >= 4 is 11.9 Å². The van der Waals surface area contributed by atoms with Gasteiger partial charge in [0, 0.05) is 0 Å². The first-order chi connectivity index (χ1) is 9.79. The second-order valence-electron chi connectivity index (χ2n) is 3.67. The smallest absolute Gasteiger partial charge is 0.335 e.